The van der Waals surface area contributed by atoms with Crippen LogP contribution in [0.2, 0.25) is 5.02 Å². The van der Waals surface area contributed by atoms with Crippen molar-refractivity contribution < 1.29 is 24.4 Å². The summed E-state index contributed by atoms with van der Waals surface area (Å²) in [5, 5.41) is 21.8. The van der Waals surface area contributed by atoms with Gasteiger partial charge in [-0.15, -0.1) is 0 Å². The summed E-state index contributed by atoms with van der Waals surface area (Å²) in [6, 6.07) is 1.71. The third-order valence-electron chi connectivity index (χ3n) is 2.41. The number of aliphatic carboxylic acids is 1. The number of carbonyl (C=O) groups is 3. The van der Waals surface area contributed by atoms with Crippen molar-refractivity contribution in [3.63, 3.8) is 0 Å². The highest BCUT2D eigenvalue weighted by Gasteiger charge is 2.26. The molecule has 1 atom stereocenters. The van der Waals surface area contributed by atoms with Gasteiger partial charge in [0.05, 0.1) is 11.3 Å². The van der Waals surface area contributed by atoms with Crippen LogP contribution in [0.5, 0.6) is 0 Å². The number of hydrogen-bond donors (Lipinski definition) is 3. The Labute approximate surface area is 122 Å². The second-order valence-corrected chi connectivity index (χ2v) is 4.39. The van der Waals surface area contributed by atoms with Crippen LogP contribution in [0.3, 0.4) is 0 Å². The monoisotopic (exact) mass is 315 g/mol. The zero-order valence-corrected chi connectivity index (χ0v) is 11.2. The van der Waals surface area contributed by atoms with E-state index in [4.69, 9.17) is 22.4 Å². The SMILES string of the molecule is NC(=O)CC(NC(=O)c1ccc(Cl)cc1[N+](=O)[O-])C(=O)O. The van der Waals surface area contributed by atoms with Crippen LogP contribution in [0.1, 0.15) is 16.8 Å². The van der Waals surface area contributed by atoms with Crippen LogP contribution in [-0.4, -0.2) is 33.9 Å². The molecule has 0 aromatic heterocycles. The molecule has 1 unspecified atom stereocenters. The van der Waals surface area contributed by atoms with Crippen LogP contribution < -0.4 is 11.1 Å². The molecule has 112 valence electrons. The molecule has 1 aromatic carbocycles. The summed E-state index contributed by atoms with van der Waals surface area (Å²) in [4.78, 5) is 43.6. The fourth-order valence-electron chi connectivity index (χ4n) is 1.49. The lowest BCUT2D eigenvalue weighted by molar-refractivity contribution is -0.385. The van der Waals surface area contributed by atoms with Crippen molar-refractivity contribution in [2.75, 3.05) is 0 Å². The summed E-state index contributed by atoms with van der Waals surface area (Å²) in [5.41, 5.74) is 3.91. The Hall–Kier alpha value is -2.68. The maximum absolute atomic E-state index is 11.9. The number of carbonyl (C=O) groups excluding carboxylic acids is 2. The van der Waals surface area contributed by atoms with Crippen LogP contribution in [0.15, 0.2) is 18.2 Å². The third-order valence-corrected chi connectivity index (χ3v) is 2.64. The van der Waals surface area contributed by atoms with E-state index in [1.807, 2.05) is 5.32 Å². The summed E-state index contributed by atoms with van der Waals surface area (Å²) in [6.07, 6.45) is -0.636. The number of primary amides is 1. The van der Waals surface area contributed by atoms with Crippen LogP contribution in [0, 0.1) is 10.1 Å². The molecule has 10 heteroatoms. The van der Waals surface area contributed by atoms with Crippen molar-refractivity contribution in [2.45, 2.75) is 12.5 Å². The maximum Gasteiger partial charge on any atom is 0.326 e. The molecule has 2 amide bonds. The van der Waals surface area contributed by atoms with Gasteiger partial charge in [-0.2, -0.15) is 0 Å². The Bertz CT molecular complexity index is 618. The van der Waals surface area contributed by atoms with Gasteiger partial charge >= 0.3 is 5.97 Å². The second kappa shape index (κ2) is 6.66. The fourth-order valence-corrected chi connectivity index (χ4v) is 1.65. The van der Waals surface area contributed by atoms with Gasteiger partial charge in [-0.3, -0.25) is 19.7 Å². The Balaban J connectivity index is 3.05. The Morgan fingerprint density at radius 1 is 1.43 bits per heavy atom. The van der Waals surface area contributed by atoms with Crippen molar-refractivity contribution >= 4 is 35.1 Å². The highest BCUT2D eigenvalue weighted by atomic mass is 35.5. The lowest BCUT2D eigenvalue weighted by Crippen LogP contribution is -2.43. The largest absolute Gasteiger partial charge is 0.480 e. The first-order valence-electron chi connectivity index (χ1n) is 5.48. The van der Waals surface area contributed by atoms with Gasteiger partial charge < -0.3 is 16.2 Å². The summed E-state index contributed by atoms with van der Waals surface area (Å²) in [7, 11) is 0. The van der Waals surface area contributed by atoms with Crippen molar-refractivity contribution in [1.29, 1.82) is 0 Å². The number of carboxylic acids is 1. The molecule has 0 aliphatic heterocycles. The smallest absolute Gasteiger partial charge is 0.326 e. The number of amides is 2. The standard InChI is InChI=1S/C11H10ClN3O6/c12-5-1-2-6(8(3-5)15(20)21)10(17)14-7(11(18)19)4-9(13)16/h1-3,7H,4H2,(H2,13,16)(H,14,17)(H,18,19). The number of nitrogens with one attached hydrogen (secondary N) is 1. The predicted octanol–water partition coefficient (Wildman–Crippen LogP) is 0.307. The van der Waals surface area contributed by atoms with Gasteiger partial charge in [0.1, 0.15) is 11.6 Å². The zero-order chi connectivity index (χ0) is 16.2. The van der Waals surface area contributed by atoms with Crippen LogP contribution in [0.25, 0.3) is 0 Å². The van der Waals surface area contributed by atoms with E-state index in [9.17, 15) is 24.5 Å². The molecular formula is C11H10ClN3O6. The minimum absolute atomic E-state index is 0.0465. The first-order valence-corrected chi connectivity index (χ1v) is 5.86. The van der Waals surface area contributed by atoms with Gasteiger partial charge in [0, 0.05) is 11.1 Å². The van der Waals surface area contributed by atoms with E-state index in [1.165, 1.54) is 6.07 Å². The van der Waals surface area contributed by atoms with Gasteiger partial charge in [-0.1, -0.05) is 11.6 Å². The molecule has 0 bridgehead atoms. The zero-order valence-electron chi connectivity index (χ0n) is 10.4. The topological polar surface area (TPSA) is 153 Å². The van der Waals surface area contributed by atoms with E-state index >= 15 is 0 Å². The quantitative estimate of drug-likeness (QED) is 0.507. The molecule has 0 heterocycles. The average Bonchev–Trinajstić information content (AvgIpc) is 2.36. The minimum atomic E-state index is -1.58. The number of halogens is 1. The molecule has 0 aliphatic rings. The Kier molecular flexibility index (Phi) is 5.19. The second-order valence-electron chi connectivity index (χ2n) is 3.95. The van der Waals surface area contributed by atoms with Crippen LogP contribution in [0.4, 0.5) is 5.69 Å². The molecule has 1 rings (SSSR count). The van der Waals surface area contributed by atoms with Crippen molar-refractivity contribution in [3.8, 4) is 0 Å². The number of nitrogens with zero attached hydrogens (tertiary/aromatic N) is 1. The lowest BCUT2D eigenvalue weighted by atomic mass is 10.1. The van der Waals surface area contributed by atoms with Crippen molar-refractivity contribution in [3.05, 3.63) is 38.9 Å². The number of benzene rings is 1. The number of carboxylic acid groups (broad SMARTS) is 1. The molecule has 0 radical (unpaired) electrons. The molecule has 0 saturated carbocycles. The number of rotatable bonds is 6. The van der Waals surface area contributed by atoms with Gasteiger partial charge in [0.25, 0.3) is 11.6 Å². The average molecular weight is 316 g/mol. The van der Waals surface area contributed by atoms with E-state index in [2.05, 4.69) is 0 Å². The van der Waals surface area contributed by atoms with E-state index in [0.717, 1.165) is 12.1 Å². The number of nitrogens with two attached hydrogens (primary N) is 1. The van der Waals surface area contributed by atoms with Crippen molar-refractivity contribution in [1.82, 2.24) is 5.32 Å². The van der Waals surface area contributed by atoms with Gasteiger partial charge in [0.2, 0.25) is 5.91 Å². The number of nitro groups is 1. The highest BCUT2D eigenvalue weighted by Crippen LogP contribution is 2.23. The molecular weight excluding hydrogens is 306 g/mol. The molecule has 0 spiro atoms. The van der Waals surface area contributed by atoms with Gasteiger partial charge in [-0.25, -0.2) is 4.79 Å². The highest BCUT2D eigenvalue weighted by molar-refractivity contribution is 6.31. The first-order chi connectivity index (χ1) is 9.72. The number of nitro benzene ring substituents is 1. The van der Waals surface area contributed by atoms with E-state index < -0.39 is 40.9 Å². The van der Waals surface area contributed by atoms with Gasteiger partial charge in [-0.05, 0) is 12.1 Å². The number of hydrogen-bond acceptors (Lipinski definition) is 5. The molecule has 21 heavy (non-hydrogen) atoms. The molecule has 0 saturated heterocycles. The van der Waals surface area contributed by atoms with Crippen molar-refractivity contribution in [2.24, 2.45) is 5.73 Å². The Morgan fingerprint density at radius 2 is 2.05 bits per heavy atom. The molecule has 4 N–H and O–H groups in total. The summed E-state index contributed by atoms with van der Waals surface area (Å²) in [5.74, 6) is -3.45. The minimum Gasteiger partial charge on any atom is -0.480 e. The molecule has 9 nitrogen and oxygen atoms in total. The lowest BCUT2D eigenvalue weighted by Gasteiger charge is -2.12. The van der Waals surface area contributed by atoms with E-state index in [-0.39, 0.29) is 10.6 Å². The first kappa shape index (κ1) is 16.4. The maximum atomic E-state index is 11.9. The van der Waals surface area contributed by atoms with Crippen LogP contribution in [-0.2, 0) is 9.59 Å². The van der Waals surface area contributed by atoms with Crippen LogP contribution >= 0.6 is 11.6 Å². The summed E-state index contributed by atoms with van der Waals surface area (Å²) < 4.78 is 0. The summed E-state index contributed by atoms with van der Waals surface area (Å²) in [6.45, 7) is 0. The molecule has 0 aliphatic carbocycles. The summed E-state index contributed by atoms with van der Waals surface area (Å²) >= 11 is 5.60. The van der Waals surface area contributed by atoms with Gasteiger partial charge in [0.15, 0.2) is 0 Å². The van der Waals surface area contributed by atoms with E-state index in [0.29, 0.717) is 0 Å². The molecule has 0 fully saturated rings. The fraction of sp³-hybridized carbons (Fsp3) is 0.182. The normalized spacial score (nSPS) is 11.5. The third kappa shape index (κ3) is 4.42. The Morgan fingerprint density at radius 3 is 2.52 bits per heavy atom. The molecule has 1 aromatic rings. The van der Waals surface area contributed by atoms with E-state index in [1.54, 1.807) is 0 Å². The predicted molar refractivity (Wildman–Crippen MR) is 70.8 cm³/mol.